The van der Waals surface area contributed by atoms with Gasteiger partial charge in [-0.1, -0.05) is 56.3 Å². The summed E-state index contributed by atoms with van der Waals surface area (Å²) in [4.78, 5) is 5.12. The number of hydrogen-bond acceptors (Lipinski definition) is 2. The molecule has 0 saturated heterocycles. The van der Waals surface area contributed by atoms with Gasteiger partial charge in [0.05, 0.1) is 16.6 Å². The third-order valence-corrected chi connectivity index (χ3v) is 6.17. The molecule has 0 aliphatic carbocycles. The number of ether oxygens (including phenoxy) is 1. The Kier molecular flexibility index (Phi) is 3.31. The molecule has 0 unspecified atom stereocenters. The van der Waals surface area contributed by atoms with Gasteiger partial charge in [-0.05, 0) is 58.8 Å². The van der Waals surface area contributed by atoms with Crippen LogP contribution in [0.4, 0.5) is 0 Å². The molecule has 0 N–H and O–H groups in total. The maximum Gasteiger partial charge on any atom is 0.140 e. The quantitative estimate of drug-likeness (QED) is 0.274. The second-order valence-electron chi connectivity index (χ2n) is 8.28. The lowest BCUT2D eigenvalue weighted by Gasteiger charge is -2.25. The highest BCUT2D eigenvalue weighted by Crippen LogP contribution is 2.50. The van der Waals surface area contributed by atoms with Crippen LogP contribution in [0.3, 0.4) is 0 Å². The molecule has 140 valence electrons. The molecule has 2 heteroatoms. The van der Waals surface area contributed by atoms with E-state index in [1.807, 2.05) is 0 Å². The normalized spacial score (nSPS) is 12.6. The third-order valence-electron chi connectivity index (χ3n) is 6.17. The van der Waals surface area contributed by atoms with E-state index in [2.05, 4.69) is 87.5 Å². The molecule has 0 spiro atoms. The fraction of sp³-hybridized carbons (Fsp3) is 0.148. The number of nitrogens with zero attached hydrogens (tertiary/aromatic N) is 1. The minimum Gasteiger partial charge on any atom is -0.456 e. The first-order valence-corrected chi connectivity index (χ1v) is 10.2. The van der Waals surface area contributed by atoms with Crippen LogP contribution in [0.25, 0.3) is 43.7 Å². The predicted octanol–water partition coefficient (Wildman–Crippen LogP) is 7.75. The molecule has 0 radical (unpaired) electrons. The number of pyridine rings is 1. The van der Waals surface area contributed by atoms with Gasteiger partial charge >= 0.3 is 0 Å². The van der Waals surface area contributed by atoms with Crippen LogP contribution in [0.2, 0.25) is 0 Å². The highest BCUT2D eigenvalue weighted by Gasteiger charge is 2.26. The Morgan fingerprint density at radius 2 is 1.59 bits per heavy atom. The standard InChI is InChI=1S/C27H21NO/c1-15(2)18-13-21-20-10-6-7-11-23(20)28-26-22-12-17-8-4-5-9-19(17)16(3)27(22)29-24(14-18)25(21)26/h4-15H,1-3H3. The van der Waals surface area contributed by atoms with Crippen molar-refractivity contribution < 1.29 is 4.74 Å². The molecule has 1 aromatic heterocycles. The summed E-state index contributed by atoms with van der Waals surface area (Å²) in [6, 6.07) is 23.7. The van der Waals surface area contributed by atoms with Gasteiger partial charge in [-0.25, -0.2) is 4.98 Å². The zero-order valence-corrected chi connectivity index (χ0v) is 16.8. The summed E-state index contributed by atoms with van der Waals surface area (Å²) in [7, 11) is 0. The van der Waals surface area contributed by atoms with Gasteiger partial charge in [-0.3, -0.25) is 0 Å². The molecule has 0 atom stereocenters. The van der Waals surface area contributed by atoms with E-state index in [0.29, 0.717) is 5.92 Å². The molecule has 5 aromatic rings. The fourth-order valence-electron chi connectivity index (χ4n) is 4.60. The summed E-state index contributed by atoms with van der Waals surface area (Å²) in [6.07, 6.45) is 0. The van der Waals surface area contributed by atoms with Crippen molar-refractivity contribution >= 4 is 32.4 Å². The minimum atomic E-state index is 0.425. The average Bonchev–Trinajstić information content (AvgIpc) is 2.74. The van der Waals surface area contributed by atoms with Gasteiger partial charge in [-0.15, -0.1) is 0 Å². The van der Waals surface area contributed by atoms with Crippen molar-refractivity contribution in [1.29, 1.82) is 0 Å². The number of aryl methyl sites for hydroxylation is 1. The van der Waals surface area contributed by atoms with Crippen molar-refractivity contribution in [2.45, 2.75) is 26.7 Å². The van der Waals surface area contributed by atoms with Gasteiger partial charge in [-0.2, -0.15) is 0 Å². The first kappa shape index (κ1) is 16.6. The number of hydrogen-bond donors (Lipinski definition) is 0. The first-order chi connectivity index (χ1) is 14.1. The van der Waals surface area contributed by atoms with Crippen molar-refractivity contribution in [3.63, 3.8) is 0 Å². The van der Waals surface area contributed by atoms with E-state index in [9.17, 15) is 0 Å². The van der Waals surface area contributed by atoms with E-state index in [1.165, 1.54) is 32.7 Å². The topological polar surface area (TPSA) is 22.1 Å². The molecule has 0 fully saturated rings. The molecule has 0 saturated carbocycles. The Bertz CT molecular complexity index is 1460. The lowest BCUT2D eigenvalue weighted by Crippen LogP contribution is -2.03. The SMILES string of the molecule is Cc1c2c(cc3ccccc13)-c1nc3ccccc3c3cc(C(C)C)cc(c13)O2. The lowest BCUT2D eigenvalue weighted by molar-refractivity contribution is 0.482. The van der Waals surface area contributed by atoms with E-state index < -0.39 is 0 Å². The Balaban J connectivity index is 1.82. The van der Waals surface area contributed by atoms with Crippen LogP contribution in [0.1, 0.15) is 30.9 Å². The van der Waals surface area contributed by atoms with Crippen LogP contribution in [0.15, 0.2) is 66.7 Å². The number of fused-ring (bicyclic) bond motifs is 5. The Morgan fingerprint density at radius 1 is 0.828 bits per heavy atom. The zero-order chi connectivity index (χ0) is 19.7. The molecular weight excluding hydrogens is 354 g/mol. The van der Waals surface area contributed by atoms with Gasteiger partial charge in [0.1, 0.15) is 11.5 Å². The predicted molar refractivity (Wildman–Crippen MR) is 121 cm³/mol. The minimum absolute atomic E-state index is 0.425. The van der Waals surface area contributed by atoms with Gasteiger partial charge in [0, 0.05) is 16.5 Å². The number of benzene rings is 4. The number of rotatable bonds is 1. The zero-order valence-electron chi connectivity index (χ0n) is 16.8. The maximum atomic E-state index is 6.59. The second-order valence-corrected chi connectivity index (χ2v) is 8.28. The highest BCUT2D eigenvalue weighted by atomic mass is 16.5. The third kappa shape index (κ3) is 2.26. The van der Waals surface area contributed by atoms with Crippen LogP contribution in [0, 0.1) is 6.92 Å². The van der Waals surface area contributed by atoms with E-state index in [-0.39, 0.29) is 0 Å². The molecular formula is C27H21NO. The maximum absolute atomic E-state index is 6.59. The van der Waals surface area contributed by atoms with E-state index in [4.69, 9.17) is 9.72 Å². The van der Waals surface area contributed by atoms with Gasteiger partial charge in [0.15, 0.2) is 0 Å². The van der Waals surface area contributed by atoms with Crippen molar-refractivity contribution in [3.8, 4) is 22.8 Å². The Labute approximate surface area is 169 Å². The Morgan fingerprint density at radius 3 is 2.41 bits per heavy atom. The summed E-state index contributed by atoms with van der Waals surface area (Å²) in [5.41, 5.74) is 5.60. The molecule has 1 aliphatic rings. The summed E-state index contributed by atoms with van der Waals surface area (Å²) in [5, 5.41) is 5.97. The second kappa shape index (κ2) is 5.81. The molecule has 29 heavy (non-hydrogen) atoms. The molecule has 2 heterocycles. The number of aromatic nitrogens is 1. The highest BCUT2D eigenvalue weighted by molar-refractivity contribution is 6.15. The summed E-state index contributed by atoms with van der Waals surface area (Å²) in [5.74, 6) is 2.28. The van der Waals surface area contributed by atoms with Gasteiger partial charge in [0.2, 0.25) is 0 Å². The molecule has 6 rings (SSSR count). The first-order valence-electron chi connectivity index (χ1n) is 10.2. The van der Waals surface area contributed by atoms with E-state index in [1.54, 1.807) is 0 Å². The average molecular weight is 375 g/mol. The summed E-state index contributed by atoms with van der Waals surface area (Å²) < 4.78 is 6.59. The molecule has 0 bridgehead atoms. The van der Waals surface area contributed by atoms with Crippen molar-refractivity contribution in [2.24, 2.45) is 0 Å². The van der Waals surface area contributed by atoms with Crippen LogP contribution in [0.5, 0.6) is 11.5 Å². The van der Waals surface area contributed by atoms with E-state index >= 15 is 0 Å². The van der Waals surface area contributed by atoms with Crippen molar-refractivity contribution in [1.82, 2.24) is 4.98 Å². The monoisotopic (exact) mass is 375 g/mol. The van der Waals surface area contributed by atoms with Crippen LogP contribution >= 0.6 is 0 Å². The lowest BCUT2D eigenvalue weighted by atomic mass is 9.90. The van der Waals surface area contributed by atoms with Gasteiger partial charge < -0.3 is 4.74 Å². The Hall–Kier alpha value is -3.39. The smallest absolute Gasteiger partial charge is 0.140 e. The van der Waals surface area contributed by atoms with E-state index in [0.717, 1.165) is 33.7 Å². The van der Waals surface area contributed by atoms with Gasteiger partial charge in [0.25, 0.3) is 0 Å². The van der Waals surface area contributed by atoms with Crippen LogP contribution in [-0.4, -0.2) is 4.98 Å². The molecule has 1 aliphatic heterocycles. The van der Waals surface area contributed by atoms with Crippen LogP contribution in [-0.2, 0) is 0 Å². The largest absolute Gasteiger partial charge is 0.456 e. The van der Waals surface area contributed by atoms with Crippen LogP contribution < -0.4 is 4.74 Å². The molecule has 4 aromatic carbocycles. The summed E-state index contributed by atoms with van der Waals surface area (Å²) >= 11 is 0. The summed E-state index contributed by atoms with van der Waals surface area (Å²) in [6.45, 7) is 6.61. The van der Waals surface area contributed by atoms with Crippen molar-refractivity contribution in [3.05, 3.63) is 77.9 Å². The number of para-hydroxylation sites is 1. The molecule has 2 nitrogen and oxygen atoms in total. The molecule has 0 amide bonds. The fourth-order valence-corrected chi connectivity index (χ4v) is 4.60. The van der Waals surface area contributed by atoms with Crippen molar-refractivity contribution in [2.75, 3.05) is 0 Å².